The van der Waals surface area contributed by atoms with Gasteiger partial charge in [-0.25, -0.2) is 0 Å². The first kappa shape index (κ1) is 15.2. The minimum absolute atomic E-state index is 0.0169. The second-order valence-electron chi connectivity index (χ2n) is 4.55. The smallest absolute Gasteiger partial charge is 0.239 e. The highest BCUT2D eigenvalue weighted by Gasteiger charge is 2.26. The van der Waals surface area contributed by atoms with Crippen LogP contribution in [0.4, 0.5) is 0 Å². The molecule has 1 atom stereocenters. The molecule has 0 aliphatic heterocycles. The van der Waals surface area contributed by atoms with Crippen LogP contribution in [-0.2, 0) is 15.2 Å². The summed E-state index contributed by atoms with van der Waals surface area (Å²) in [6, 6.07) is 3.30. The van der Waals surface area contributed by atoms with Gasteiger partial charge < -0.3 is 20.2 Å². The molecule has 106 valence electrons. The second kappa shape index (κ2) is 6.94. The van der Waals surface area contributed by atoms with Crippen molar-refractivity contribution in [2.24, 2.45) is 0 Å². The third-order valence-electron chi connectivity index (χ3n) is 2.60. The Balaban J connectivity index is 2.32. The van der Waals surface area contributed by atoms with Gasteiger partial charge in [-0.15, -0.1) is 0 Å². The van der Waals surface area contributed by atoms with Crippen LogP contribution in [0.3, 0.4) is 0 Å². The van der Waals surface area contributed by atoms with E-state index in [-0.39, 0.29) is 24.9 Å². The lowest BCUT2D eigenvalue weighted by Gasteiger charge is -2.21. The van der Waals surface area contributed by atoms with Crippen LogP contribution in [-0.4, -0.2) is 30.0 Å². The van der Waals surface area contributed by atoms with Crippen molar-refractivity contribution in [3.63, 3.8) is 0 Å². The van der Waals surface area contributed by atoms with Gasteiger partial charge in [0.1, 0.15) is 11.4 Å². The van der Waals surface area contributed by atoms with Crippen molar-refractivity contribution >= 4 is 11.8 Å². The van der Waals surface area contributed by atoms with Gasteiger partial charge in [-0.3, -0.25) is 9.59 Å². The van der Waals surface area contributed by atoms with Gasteiger partial charge in [-0.1, -0.05) is 6.92 Å². The molecule has 2 amide bonds. The molecule has 1 heterocycles. The van der Waals surface area contributed by atoms with Gasteiger partial charge in [0.15, 0.2) is 0 Å². The van der Waals surface area contributed by atoms with Crippen molar-refractivity contribution in [2.45, 2.75) is 32.3 Å². The van der Waals surface area contributed by atoms with Crippen molar-refractivity contribution in [3.05, 3.63) is 24.2 Å². The molecule has 0 fully saturated rings. The van der Waals surface area contributed by atoms with Crippen molar-refractivity contribution in [1.29, 1.82) is 0 Å². The zero-order valence-corrected chi connectivity index (χ0v) is 11.2. The Morgan fingerprint density at radius 1 is 1.37 bits per heavy atom. The number of carbonyl (C=O) groups is 2. The Hall–Kier alpha value is -1.82. The van der Waals surface area contributed by atoms with Crippen LogP contribution in [0.25, 0.3) is 0 Å². The minimum atomic E-state index is -1.27. The Labute approximate surface area is 112 Å². The monoisotopic (exact) mass is 268 g/mol. The minimum Gasteiger partial charge on any atom is -0.466 e. The van der Waals surface area contributed by atoms with Crippen molar-refractivity contribution in [2.75, 3.05) is 13.1 Å². The van der Waals surface area contributed by atoms with Crippen molar-refractivity contribution in [3.8, 4) is 0 Å². The summed E-state index contributed by atoms with van der Waals surface area (Å²) in [6.07, 6.45) is 2.59. The van der Waals surface area contributed by atoms with Crippen molar-refractivity contribution < 1.29 is 19.1 Å². The molecular formula is C13H20N2O4. The van der Waals surface area contributed by atoms with E-state index in [1.54, 1.807) is 19.1 Å². The molecule has 0 radical (unpaired) electrons. The number of amides is 2. The van der Waals surface area contributed by atoms with Gasteiger partial charge in [0.05, 0.1) is 19.4 Å². The van der Waals surface area contributed by atoms with E-state index in [1.807, 2.05) is 6.92 Å². The number of hydrogen-bond donors (Lipinski definition) is 3. The highest BCUT2D eigenvalue weighted by atomic mass is 16.4. The zero-order valence-electron chi connectivity index (χ0n) is 11.2. The largest absolute Gasteiger partial charge is 0.466 e. The quantitative estimate of drug-likeness (QED) is 0.672. The van der Waals surface area contributed by atoms with E-state index >= 15 is 0 Å². The molecule has 0 aromatic carbocycles. The maximum atomic E-state index is 11.5. The summed E-state index contributed by atoms with van der Waals surface area (Å²) < 4.78 is 5.09. The summed E-state index contributed by atoms with van der Waals surface area (Å²) in [5.74, 6) is -0.130. The van der Waals surface area contributed by atoms with Crippen LogP contribution in [0.5, 0.6) is 0 Å². The molecule has 1 rings (SSSR count). The number of hydrogen-bond acceptors (Lipinski definition) is 4. The molecule has 3 N–H and O–H groups in total. The van der Waals surface area contributed by atoms with Crippen LogP contribution >= 0.6 is 0 Å². The first-order chi connectivity index (χ1) is 8.95. The fourth-order valence-corrected chi connectivity index (χ4v) is 1.50. The molecule has 6 heteroatoms. The van der Waals surface area contributed by atoms with Gasteiger partial charge in [-0.05, 0) is 25.5 Å². The van der Waals surface area contributed by atoms with Gasteiger partial charge >= 0.3 is 0 Å². The number of rotatable bonds is 7. The van der Waals surface area contributed by atoms with E-state index < -0.39 is 5.60 Å². The Kier molecular flexibility index (Phi) is 5.57. The predicted octanol–water partition coefficient (Wildman–Crippen LogP) is 0.520. The van der Waals surface area contributed by atoms with E-state index in [4.69, 9.17) is 4.42 Å². The molecule has 6 nitrogen and oxygen atoms in total. The lowest BCUT2D eigenvalue weighted by atomic mass is 10.0. The Morgan fingerprint density at radius 2 is 2.11 bits per heavy atom. The van der Waals surface area contributed by atoms with Gasteiger partial charge in [0.25, 0.3) is 0 Å². The van der Waals surface area contributed by atoms with Crippen LogP contribution in [0, 0.1) is 0 Å². The Morgan fingerprint density at radius 3 is 2.68 bits per heavy atom. The normalized spacial score (nSPS) is 13.6. The first-order valence-electron chi connectivity index (χ1n) is 6.25. The van der Waals surface area contributed by atoms with Crippen LogP contribution < -0.4 is 10.6 Å². The van der Waals surface area contributed by atoms with E-state index in [2.05, 4.69) is 10.6 Å². The first-order valence-corrected chi connectivity index (χ1v) is 6.25. The molecule has 1 aromatic rings. The van der Waals surface area contributed by atoms with Gasteiger partial charge in [0.2, 0.25) is 11.8 Å². The number of furan rings is 1. The summed E-state index contributed by atoms with van der Waals surface area (Å²) in [7, 11) is 0. The summed E-state index contributed by atoms with van der Waals surface area (Å²) in [6.45, 7) is 3.36. The van der Waals surface area contributed by atoms with Gasteiger partial charge in [0, 0.05) is 6.42 Å². The highest BCUT2D eigenvalue weighted by Crippen LogP contribution is 2.19. The Bertz CT molecular complexity index is 412. The zero-order chi connectivity index (χ0) is 14.3. The number of nitrogens with one attached hydrogen (secondary N) is 2. The molecule has 19 heavy (non-hydrogen) atoms. The van der Waals surface area contributed by atoms with Crippen LogP contribution in [0.15, 0.2) is 22.8 Å². The van der Waals surface area contributed by atoms with Crippen LogP contribution in [0.2, 0.25) is 0 Å². The fourth-order valence-electron chi connectivity index (χ4n) is 1.50. The second-order valence-corrected chi connectivity index (χ2v) is 4.55. The maximum Gasteiger partial charge on any atom is 0.239 e. The van der Waals surface area contributed by atoms with E-state index in [0.717, 1.165) is 6.42 Å². The fraction of sp³-hybridized carbons (Fsp3) is 0.538. The number of aliphatic hydroxyl groups is 1. The van der Waals surface area contributed by atoms with Crippen LogP contribution in [0.1, 0.15) is 32.4 Å². The van der Waals surface area contributed by atoms with Crippen molar-refractivity contribution in [1.82, 2.24) is 10.6 Å². The number of carbonyl (C=O) groups excluding carboxylic acids is 2. The molecule has 0 saturated heterocycles. The lowest BCUT2D eigenvalue weighted by Crippen LogP contribution is -2.43. The molecule has 0 aliphatic carbocycles. The molecule has 1 unspecified atom stereocenters. The average molecular weight is 268 g/mol. The average Bonchev–Trinajstić information content (AvgIpc) is 2.89. The molecule has 0 aliphatic rings. The summed E-state index contributed by atoms with van der Waals surface area (Å²) in [5, 5.41) is 15.1. The van der Waals surface area contributed by atoms with E-state index in [1.165, 1.54) is 6.26 Å². The summed E-state index contributed by atoms with van der Waals surface area (Å²) in [5.41, 5.74) is -1.27. The molecule has 0 saturated carbocycles. The predicted molar refractivity (Wildman–Crippen MR) is 69.2 cm³/mol. The molecule has 1 aromatic heterocycles. The topological polar surface area (TPSA) is 91.6 Å². The summed E-state index contributed by atoms with van der Waals surface area (Å²) >= 11 is 0. The molecule has 0 spiro atoms. The van der Waals surface area contributed by atoms with E-state index in [0.29, 0.717) is 12.2 Å². The SMILES string of the molecule is CCCC(=O)NCC(=O)NCC(C)(O)c1ccco1. The highest BCUT2D eigenvalue weighted by molar-refractivity contribution is 5.84. The third-order valence-corrected chi connectivity index (χ3v) is 2.60. The summed E-state index contributed by atoms with van der Waals surface area (Å²) in [4.78, 5) is 22.7. The third kappa shape index (κ3) is 5.13. The molecular weight excluding hydrogens is 248 g/mol. The lowest BCUT2D eigenvalue weighted by molar-refractivity contribution is -0.126. The van der Waals surface area contributed by atoms with E-state index in [9.17, 15) is 14.7 Å². The van der Waals surface area contributed by atoms with Gasteiger partial charge in [-0.2, -0.15) is 0 Å². The standard InChI is InChI=1S/C13H20N2O4/c1-3-5-11(16)14-8-12(17)15-9-13(2,18)10-6-4-7-19-10/h4,6-7,18H,3,5,8-9H2,1-2H3,(H,14,16)(H,15,17). The maximum absolute atomic E-state index is 11.5. The molecule has 0 bridgehead atoms.